The highest BCUT2D eigenvalue weighted by molar-refractivity contribution is 7.92. The van der Waals surface area contributed by atoms with Gasteiger partial charge >= 0.3 is 0 Å². The predicted molar refractivity (Wildman–Crippen MR) is 116 cm³/mol. The highest BCUT2D eigenvalue weighted by Gasteiger charge is 2.27. The fourth-order valence-corrected chi connectivity index (χ4v) is 4.92. The van der Waals surface area contributed by atoms with E-state index < -0.39 is 10.0 Å². The fourth-order valence-electron chi connectivity index (χ4n) is 2.99. The molecule has 3 rings (SSSR count). The lowest BCUT2D eigenvalue weighted by molar-refractivity contribution is 0.414. The molecule has 0 saturated heterocycles. The molecule has 3 aromatic rings. The molecule has 0 aliphatic carbocycles. The van der Waals surface area contributed by atoms with Crippen molar-refractivity contribution in [1.82, 2.24) is 0 Å². The Bertz CT molecular complexity index is 1100. The number of hydrogen-bond donors (Lipinski definition) is 0. The average Bonchev–Trinajstić information content (AvgIpc) is 2.74. The molecule has 152 valence electrons. The van der Waals surface area contributed by atoms with E-state index in [1.807, 2.05) is 24.3 Å². The number of nitrogens with zero attached hydrogens (tertiary/aromatic N) is 1. The second kappa shape index (κ2) is 8.76. The number of methoxy groups -OCH3 is 2. The van der Waals surface area contributed by atoms with Gasteiger partial charge in [-0.3, -0.25) is 4.31 Å². The highest BCUT2D eigenvalue weighted by atomic mass is 35.5. The molecule has 0 aliphatic rings. The number of benzene rings is 3. The third-order valence-electron chi connectivity index (χ3n) is 4.61. The van der Waals surface area contributed by atoms with Gasteiger partial charge in [-0.25, -0.2) is 8.42 Å². The van der Waals surface area contributed by atoms with Crippen LogP contribution >= 0.6 is 11.6 Å². The molecule has 0 atom stereocenters. The molecule has 0 aromatic heterocycles. The van der Waals surface area contributed by atoms with Crippen LogP contribution in [0.3, 0.4) is 0 Å². The zero-order valence-electron chi connectivity index (χ0n) is 16.4. The lowest BCUT2D eigenvalue weighted by Crippen LogP contribution is -2.31. The first-order valence-corrected chi connectivity index (χ1v) is 10.7. The van der Waals surface area contributed by atoms with Gasteiger partial charge in [0.05, 0.1) is 31.3 Å². The van der Waals surface area contributed by atoms with Gasteiger partial charge in [0.1, 0.15) is 11.5 Å². The zero-order valence-corrected chi connectivity index (χ0v) is 18.0. The standard InChI is InChI=1S/C22H22ClNO4S/c1-16-21(23)8-5-9-22(16)29(25,26)24(18-10-12-19(27-2)13-11-18)15-17-6-4-7-20(14-17)28-3/h4-14H,15H2,1-3H3. The molecular weight excluding hydrogens is 410 g/mol. The summed E-state index contributed by atoms with van der Waals surface area (Å²) >= 11 is 6.19. The van der Waals surface area contributed by atoms with Crippen LogP contribution in [0.1, 0.15) is 11.1 Å². The SMILES string of the molecule is COc1ccc(N(Cc2cccc(OC)c2)S(=O)(=O)c2cccc(Cl)c2C)cc1. The van der Waals surface area contributed by atoms with Gasteiger partial charge in [-0.15, -0.1) is 0 Å². The van der Waals surface area contributed by atoms with Gasteiger partial charge < -0.3 is 9.47 Å². The van der Waals surface area contributed by atoms with E-state index in [-0.39, 0.29) is 11.4 Å². The zero-order chi connectivity index (χ0) is 21.0. The Labute approximate surface area is 176 Å². The minimum atomic E-state index is -3.88. The molecular formula is C22H22ClNO4S. The van der Waals surface area contributed by atoms with Crippen LogP contribution in [0.2, 0.25) is 5.02 Å². The number of rotatable bonds is 7. The third kappa shape index (κ3) is 4.49. The molecule has 0 heterocycles. The second-order valence-corrected chi connectivity index (χ2v) is 8.66. The summed E-state index contributed by atoms with van der Waals surface area (Å²) in [5, 5.41) is 0.405. The van der Waals surface area contributed by atoms with E-state index in [9.17, 15) is 8.42 Å². The van der Waals surface area contributed by atoms with Gasteiger partial charge in [0.2, 0.25) is 0 Å². The van der Waals surface area contributed by atoms with E-state index in [4.69, 9.17) is 21.1 Å². The summed E-state index contributed by atoms with van der Waals surface area (Å²) in [5.41, 5.74) is 1.83. The molecule has 0 unspecified atom stereocenters. The van der Waals surface area contributed by atoms with E-state index in [1.54, 1.807) is 63.6 Å². The van der Waals surface area contributed by atoms with Crippen LogP contribution in [0.5, 0.6) is 11.5 Å². The lowest BCUT2D eigenvalue weighted by Gasteiger charge is -2.26. The molecule has 0 radical (unpaired) electrons. The predicted octanol–water partition coefficient (Wildman–Crippen LogP) is 5.06. The van der Waals surface area contributed by atoms with Crippen LogP contribution in [-0.2, 0) is 16.6 Å². The Balaban J connectivity index is 2.11. The van der Waals surface area contributed by atoms with Crippen LogP contribution in [0.15, 0.2) is 71.6 Å². The monoisotopic (exact) mass is 431 g/mol. The number of ether oxygens (including phenoxy) is 2. The Morgan fingerprint density at radius 1 is 0.897 bits per heavy atom. The number of halogens is 1. The largest absolute Gasteiger partial charge is 0.497 e. The van der Waals surface area contributed by atoms with E-state index in [1.165, 1.54) is 4.31 Å². The Kier molecular flexibility index (Phi) is 6.35. The van der Waals surface area contributed by atoms with Crippen molar-refractivity contribution < 1.29 is 17.9 Å². The van der Waals surface area contributed by atoms with Gasteiger partial charge in [0.25, 0.3) is 10.0 Å². The molecule has 0 bridgehead atoms. The van der Waals surface area contributed by atoms with Crippen molar-refractivity contribution >= 4 is 27.3 Å². The van der Waals surface area contributed by atoms with Crippen LogP contribution in [0.4, 0.5) is 5.69 Å². The summed E-state index contributed by atoms with van der Waals surface area (Å²) in [4.78, 5) is 0.170. The van der Waals surface area contributed by atoms with Crippen molar-refractivity contribution in [2.24, 2.45) is 0 Å². The normalized spacial score (nSPS) is 11.2. The molecule has 29 heavy (non-hydrogen) atoms. The summed E-state index contributed by atoms with van der Waals surface area (Å²) in [5.74, 6) is 1.31. The molecule has 3 aromatic carbocycles. The molecule has 0 N–H and O–H groups in total. The van der Waals surface area contributed by atoms with Crippen LogP contribution in [0.25, 0.3) is 0 Å². The first-order valence-electron chi connectivity index (χ1n) is 8.91. The first-order chi connectivity index (χ1) is 13.9. The highest BCUT2D eigenvalue weighted by Crippen LogP contribution is 2.31. The minimum absolute atomic E-state index is 0.137. The second-order valence-electron chi connectivity index (χ2n) is 6.42. The Morgan fingerprint density at radius 3 is 2.21 bits per heavy atom. The van der Waals surface area contributed by atoms with Gasteiger partial charge in [-0.05, 0) is 66.6 Å². The summed E-state index contributed by atoms with van der Waals surface area (Å²) in [6, 6.07) is 19.1. The van der Waals surface area contributed by atoms with Gasteiger partial charge in [0.15, 0.2) is 0 Å². The van der Waals surface area contributed by atoms with Gasteiger partial charge in [-0.1, -0.05) is 29.8 Å². The summed E-state index contributed by atoms with van der Waals surface area (Å²) in [7, 11) is -0.737. The number of sulfonamides is 1. The number of hydrogen-bond acceptors (Lipinski definition) is 4. The third-order valence-corrected chi connectivity index (χ3v) is 6.93. The maximum Gasteiger partial charge on any atom is 0.264 e. The van der Waals surface area contributed by atoms with Crippen molar-refractivity contribution in [2.45, 2.75) is 18.4 Å². The van der Waals surface area contributed by atoms with Crippen LogP contribution < -0.4 is 13.8 Å². The van der Waals surface area contributed by atoms with E-state index in [0.29, 0.717) is 27.8 Å². The minimum Gasteiger partial charge on any atom is -0.497 e. The fraction of sp³-hybridized carbons (Fsp3) is 0.182. The van der Waals surface area contributed by atoms with Crippen molar-refractivity contribution in [3.8, 4) is 11.5 Å². The molecule has 5 nitrogen and oxygen atoms in total. The Hall–Kier alpha value is -2.70. The van der Waals surface area contributed by atoms with Crippen molar-refractivity contribution in [2.75, 3.05) is 18.5 Å². The number of anilines is 1. The summed E-state index contributed by atoms with van der Waals surface area (Å²) < 4.78 is 39.1. The molecule has 0 saturated carbocycles. The van der Waals surface area contributed by atoms with Crippen molar-refractivity contribution in [3.05, 3.63) is 82.9 Å². The van der Waals surface area contributed by atoms with E-state index >= 15 is 0 Å². The average molecular weight is 432 g/mol. The summed E-state index contributed by atoms with van der Waals surface area (Å²) in [6.45, 7) is 1.84. The molecule has 0 amide bonds. The molecule has 0 fully saturated rings. The smallest absolute Gasteiger partial charge is 0.264 e. The van der Waals surface area contributed by atoms with Crippen LogP contribution in [0, 0.1) is 6.92 Å². The van der Waals surface area contributed by atoms with Crippen molar-refractivity contribution in [3.63, 3.8) is 0 Å². The lowest BCUT2D eigenvalue weighted by atomic mass is 10.2. The van der Waals surface area contributed by atoms with E-state index in [2.05, 4.69) is 0 Å². The van der Waals surface area contributed by atoms with Crippen molar-refractivity contribution in [1.29, 1.82) is 0 Å². The maximum atomic E-state index is 13.6. The summed E-state index contributed by atoms with van der Waals surface area (Å²) in [6.07, 6.45) is 0. The molecule has 7 heteroatoms. The Morgan fingerprint density at radius 2 is 1.55 bits per heavy atom. The first kappa shape index (κ1) is 21.0. The topological polar surface area (TPSA) is 55.8 Å². The van der Waals surface area contributed by atoms with E-state index in [0.717, 1.165) is 5.56 Å². The molecule has 0 spiro atoms. The quantitative estimate of drug-likeness (QED) is 0.524. The van der Waals surface area contributed by atoms with Gasteiger partial charge in [0, 0.05) is 5.02 Å². The van der Waals surface area contributed by atoms with Gasteiger partial charge in [-0.2, -0.15) is 0 Å². The molecule has 0 aliphatic heterocycles. The maximum absolute atomic E-state index is 13.6. The van der Waals surface area contributed by atoms with Crippen LogP contribution in [-0.4, -0.2) is 22.6 Å².